The summed E-state index contributed by atoms with van der Waals surface area (Å²) in [5.74, 6) is 0. The average molecular weight is 132 g/mol. The van der Waals surface area contributed by atoms with Crippen LogP contribution in [0.15, 0.2) is 0 Å². The Morgan fingerprint density at radius 2 is 1.75 bits per heavy atom. The quantitative estimate of drug-likeness (QED) is 0.458. The first-order chi connectivity index (χ1) is 3.79. The van der Waals surface area contributed by atoms with E-state index in [1.54, 1.807) is 0 Å². The molecule has 3 nitrogen and oxygen atoms in total. The van der Waals surface area contributed by atoms with Gasteiger partial charge in [-0.2, -0.15) is 0 Å². The van der Waals surface area contributed by atoms with Gasteiger partial charge in [-0.15, -0.1) is 0 Å². The molecule has 0 N–H and O–H groups in total. The predicted molar refractivity (Wildman–Crippen MR) is 28.4 cm³/mol. The fourth-order valence-electron chi connectivity index (χ4n) is 0.404. The molecule has 1 fully saturated rings. The lowest BCUT2D eigenvalue weighted by atomic mass is 10.7. The van der Waals surface area contributed by atoms with Crippen molar-refractivity contribution in [1.29, 1.82) is 0 Å². The zero-order valence-electron chi connectivity index (χ0n) is 4.05. The predicted octanol–water partition coefficient (Wildman–Crippen LogP) is -0.197. The maximum Gasteiger partial charge on any atom is 0.222 e. The third kappa shape index (κ3) is 1.31. The third-order valence-corrected chi connectivity index (χ3v) is 1.36. The van der Waals surface area contributed by atoms with Crippen molar-refractivity contribution in [3.63, 3.8) is 0 Å². The molecule has 4 heteroatoms. The third-order valence-electron chi connectivity index (χ3n) is 0.667. The van der Waals surface area contributed by atoms with Crippen LogP contribution in [0, 0.1) is 0 Å². The summed E-state index contributed by atoms with van der Waals surface area (Å²) in [6.07, 6.45) is 0. The molecule has 0 aromatic heterocycles. The Balaban J connectivity index is 2.45. The van der Waals surface area contributed by atoms with Crippen molar-refractivity contribution in [3.8, 4) is 0 Å². The van der Waals surface area contributed by atoms with Gasteiger partial charge in [-0.1, -0.05) is 0 Å². The van der Waals surface area contributed by atoms with E-state index in [4.69, 9.17) is 0 Å². The molecule has 0 radical (unpaired) electrons. The molecule has 0 amide bonds. The molecule has 0 unspecified atom stereocenters. The SMILES string of the molecule is O=C1COCC(=O)S1. The monoisotopic (exact) mass is 132 g/mol. The molecule has 1 aliphatic heterocycles. The van der Waals surface area contributed by atoms with Gasteiger partial charge in [0.2, 0.25) is 10.2 Å². The normalized spacial score (nSPS) is 21.5. The first-order valence-corrected chi connectivity index (χ1v) is 2.92. The van der Waals surface area contributed by atoms with E-state index in [0.717, 1.165) is 11.8 Å². The maximum absolute atomic E-state index is 10.3. The van der Waals surface area contributed by atoms with Crippen molar-refractivity contribution in [2.45, 2.75) is 0 Å². The van der Waals surface area contributed by atoms with Crippen LogP contribution >= 0.6 is 11.8 Å². The first kappa shape index (κ1) is 5.78. The van der Waals surface area contributed by atoms with Crippen molar-refractivity contribution in [2.24, 2.45) is 0 Å². The Bertz CT molecular complexity index is 117. The molecule has 0 aromatic carbocycles. The highest BCUT2D eigenvalue weighted by atomic mass is 32.2. The van der Waals surface area contributed by atoms with E-state index < -0.39 is 0 Å². The molecule has 1 aliphatic rings. The van der Waals surface area contributed by atoms with Crippen LogP contribution in [0.1, 0.15) is 0 Å². The van der Waals surface area contributed by atoms with Gasteiger partial charge in [0, 0.05) is 0 Å². The standard InChI is InChI=1S/C4H4O3S/c5-3-1-7-2-4(6)8-3/h1-2H2. The van der Waals surface area contributed by atoms with Crippen LogP contribution in [0.5, 0.6) is 0 Å². The van der Waals surface area contributed by atoms with Crippen molar-refractivity contribution in [1.82, 2.24) is 0 Å². The lowest BCUT2D eigenvalue weighted by Gasteiger charge is -2.05. The Morgan fingerprint density at radius 1 is 1.25 bits per heavy atom. The summed E-state index contributed by atoms with van der Waals surface area (Å²) in [7, 11) is 0. The molecule has 0 spiro atoms. The topological polar surface area (TPSA) is 43.4 Å². The van der Waals surface area contributed by atoms with Crippen molar-refractivity contribution in [2.75, 3.05) is 13.2 Å². The van der Waals surface area contributed by atoms with E-state index in [2.05, 4.69) is 4.74 Å². The van der Waals surface area contributed by atoms with Crippen molar-refractivity contribution in [3.05, 3.63) is 0 Å². The van der Waals surface area contributed by atoms with Crippen LogP contribution < -0.4 is 0 Å². The van der Waals surface area contributed by atoms with E-state index in [1.807, 2.05) is 0 Å². The molecule has 0 atom stereocenters. The van der Waals surface area contributed by atoms with E-state index in [0.29, 0.717) is 0 Å². The Hall–Kier alpha value is -0.350. The number of rotatable bonds is 0. The largest absolute Gasteiger partial charge is 0.364 e. The van der Waals surface area contributed by atoms with E-state index in [9.17, 15) is 9.59 Å². The highest BCUT2D eigenvalue weighted by molar-refractivity contribution is 8.26. The molecule has 0 aromatic rings. The fourth-order valence-corrected chi connectivity index (χ4v) is 0.942. The summed E-state index contributed by atoms with van der Waals surface area (Å²) in [4.78, 5) is 20.6. The summed E-state index contributed by atoms with van der Waals surface area (Å²) in [6, 6.07) is 0. The van der Waals surface area contributed by atoms with Gasteiger partial charge in [0.1, 0.15) is 13.2 Å². The van der Waals surface area contributed by atoms with Gasteiger partial charge in [-0.3, -0.25) is 9.59 Å². The number of hydrogen-bond acceptors (Lipinski definition) is 4. The van der Waals surface area contributed by atoms with E-state index in [-0.39, 0.29) is 23.4 Å². The molecule has 0 saturated carbocycles. The zero-order valence-corrected chi connectivity index (χ0v) is 4.86. The average Bonchev–Trinajstić information content (AvgIpc) is 1.64. The van der Waals surface area contributed by atoms with Crippen molar-refractivity contribution < 1.29 is 14.3 Å². The van der Waals surface area contributed by atoms with Crippen LogP contribution in [0.4, 0.5) is 0 Å². The lowest BCUT2D eigenvalue weighted by molar-refractivity contribution is -0.123. The Kier molecular flexibility index (Phi) is 1.65. The molecule has 8 heavy (non-hydrogen) atoms. The second-order valence-corrected chi connectivity index (χ2v) is 2.45. The first-order valence-electron chi connectivity index (χ1n) is 2.10. The molecule has 1 saturated heterocycles. The molecule has 1 heterocycles. The van der Waals surface area contributed by atoms with Crippen LogP contribution in [-0.4, -0.2) is 23.4 Å². The smallest absolute Gasteiger partial charge is 0.222 e. The second-order valence-electron chi connectivity index (χ2n) is 1.34. The van der Waals surface area contributed by atoms with Gasteiger partial charge in [0.15, 0.2) is 0 Å². The van der Waals surface area contributed by atoms with E-state index in [1.165, 1.54) is 0 Å². The summed E-state index contributed by atoms with van der Waals surface area (Å²) < 4.78 is 4.57. The summed E-state index contributed by atoms with van der Waals surface area (Å²) in [6.45, 7) is 0.160. The molecular weight excluding hydrogens is 128 g/mol. The van der Waals surface area contributed by atoms with Crippen LogP contribution in [-0.2, 0) is 14.3 Å². The minimum atomic E-state index is -0.193. The lowest BCUT2D eigenvalue weighted by Crippen LogP contribution is -2.19. The van der Waals surface area contributed by atoms with Gasteiger partial charge < -0.3 is 4.74 Å². The minimum absolute atomic E-state index is 0.0798. The Labute approximate surface area is 50.4 Å². The summed E-state index contributed by atoms with van der Waals surface area (Å²) in [5.41, 5.74) is 0. The zero-order chi connectivity index (χ0) is 5.98. The molecule has 1 rings (SSSR count). The van der Waals surface area contributed by atoms with Gasteiger partial charge in [0.05, 0.1) is 0 Å². The minimum Gasteiger partial charge on any atom is -0.364 e. The van der Waals surface area contributed by atoms with Crippen molar-refractivity contribution >= 4 is 22.0 Å². The van der Waals surface area contributed by atoms with Crippen LogP contribution in [0.3, 0.4) is 0 Å². The highest BCUT2D eigenvalue weighted by Crippen LogP contribution is 2.08. The second kappa shape index (κ2) is 2.28. The molecular formula is C4H4O3S. The Morgan fingerprint density at radius 3 is 2.00 bits per heavy atom. The van der Waals surface area contributed by atoms with Crippen LogP contribution in [0.25, 0.3) is 0 Å². The highest BCUT2D eigenvalue weighted by Gasteiger charge is 2.16. The van der Waals surface area contributed by atoms with Gasteiger partial charge in [0.25, 0.3) is 0 Å². The molecule has 44 valence electrons. The summed E-state index contributed by atoms with van der Waals surface area (Å²) >= 11 is 0.738. The van der Waals surface area contributed by atoms with Gasteiger partial charge in [-0.05, 0) is 11.8 Å². The van der Waals surface area contributed by atoms with E-state index >= 15 is 0 Å². The maximum atomic E-state index is 10.3. The summed E-state index contributed by atoms with van der Waals surface area (Å²) in [5, 5.41) is -0.387. The van der Waals surface area contributed by atoms with Crippen LogP contribution in [0.2, 0.25) is 0 Å². The number of carbonyl (C=O) groups excluding carboxylic acids is 2. The number of carbonyl (C=O) groups is 2. The fraction of sp³-hybridized carbons (Fsp3) is 0.500. The molecule has 0 aliphatic carbocycles. The van der Waals surface area contributed by atoms with Gasteiger partial charge >= 0.3 is 0 Å². The molecule has 0 bridgehead atoms. The van der Waals surface area contributed by atoms with Gasteiger partial charge in [-0.25, -0.2) is 0 Å². The number of ether oxygens (including phenoxy) is 1. The number of hydrogen-bond donors (Lipinski definition) is 0. The number of thioether (sulfide) groups is 1.